The molecule has 1 aliphatic heterocycles. The summed E-state index contributed by atoms with van der Waals surface area (Å²) in [6, 6.07) is 18.6. The molecule has 1 amide bonds. The molecular weight excluding hydrogens is 284 g/mol. The molecular formula is C20H22N2O. The third-order valence-corrected chi connectivity index (χ3v) is 4.21. The number of hydrogen-bond acceptors (Lipinski definition) is 2. The molecule has 0 spiro atoms. The van der Waals surface area contributed by atoms with E-state index in [1.807, 2.05) is 23.1 Å². The molecule has 1 N–H and O–H groups in total. The molecule has 3 rings (SSSR count). The maximum absolute atomic E-state index is 12.5. The Hall–Kier alpha value is -2.39. The molecule has 0 aromatic heterocycles. The van der Waals surface area contributed by atoms with Crippen LogP contribution in [0.15, 0.2) is 67.3 Å². The number of nitrogens with zero attached hydrogens (tertiary/aromatic N) is 1. The second kappa shape index (κ2) is 7.25. The van der Waals surface area contributed by atoms with E-state index >= 15 is 0 Å². The summed E-state index contributed by atoms with van der Waals surface area (Å²) in [5.74, 6) is 0.168. The van der Waals surface area contributed by atoms with Crippen molar-refractivity contribution in [2.45, 2.75) is 12.5 Å². The van der Waals surface area contributed by atoms with Gasteiger partial charge in [0.05, 0.1) is 6.04 Å². The summed E-state index contributed by atoms with van der Waals surface area (Å²) in [5, 5.41) is 3.34. The van der Waals surface area contributed by atoms with Crippen molar-refractivity contribution < 1.29 is 4.79 Å². The van der Waals surface area contributed by atoms with Crippen LogP contribution in [0, 0.1) is 0 Å². The van der Waals surface area contributed by atoms with Crippen LogP contribution in [0.5, 0.6) is 0 Å². The van der Waals surface area contributed by atoms with E-state index < -0.39 is 0 Å². The Labute approximate surface area is 137 Å². The number of amides is 1. The molecule has 0 bridgehead atoms. The van der Waals surface area contributed by atoms with E-state index in [4.69, 9.17) is 0 Å². The molecule has 118 valence electrons. The number of piperazine rings is 1. The highest BCUT2D eigenvalue weighted by Crippen LogP contribution is 2.21. The van der Waals surface area contributed by atoms with E-state index in [9.17, 15) is 4.79 Å². The second-order valence-corrected chi connectivity index (χ2v) is 5.85. The first-order chi connectivity index (χ1) is 11.3. The van der Waals surface area contributed by atoms with Gasteiger partial charge in [0.2, 0.25) is 5.91 Å². The molecule has 2 aromatic rings. The molecule has 1 saturated heterocycles. The number of benzene rings is 2. The van der Waals surface area contributed by atoms with Crippen LogP contribution in [-0.2, 0) is 11.2 Å². The van der Waals surface area contributed by atoms with Gasteiger partial charge in [-0.05, 0) is 23.1 Å². The van der Waals surface area contributed by atoms with Crippen LogP contribution in [0.25, 0.3) is 11.1 Å². The highest BCUT2D eigenvalue weighted by Gasteiger charge is 2.27. The van der Waals surface area contributed by atoms with Gasteiger partial charge in [-0.2, -0.15) is 0 Å². The Balaban J connectivity index is 1.75. The van der Waals surface area contributed by atoms with Gasteiger partial charge in [-0.3, -0.25) is 4.79 Å². The Morgan fingerprint density at radius 3 is 2.70 bits per heavy atom. The summed E-state index contributed by atoms with van der Waals surface area (Å²) >= 11 is 0. The van der Waals surface area contributed by atoms with Crippen molar-refractivity contribution in [1.29, 1.82) is 0 Å². The van der Waals surface area contributed by atoms with Crippen LogP contribution in [-0.4, -0.2) is 36.5 Å². The van der Waals surface area contributed by atoms with Crippen molar-refractivity contribution in [3.05, 3.63) is 72.8 Å². The lowest BCUT2D eigenvalue weighted by Crippen LogP contribution is -2.55. The standard InChI is InChI=1S/C20H22N2O/c1-2-12-22-13-11-21-19(20(22)23)15-16-7-6-10-18(14-16)17-8-4-3-5-9-17/h2-10,14,19,21H,1,11-13,15H2/t19-/m1/s1. The Morgan fingerprint density at radius 2 is 1.91 bits per heavy atom. The average Bonchev–Trinajstić information content (AvgIpc) is 2.60. The van der Waals surface area contributed by atoms with Crippen LogP contribution < -0.4 is 5.32 Å². The number of carbonyl (C=O) groups is 1. The summed E-state index contributed by atoms with van der Waals surface area (Å²) in [7, 11) is 0. The molecule has 3 heteroatoms. The molecule has 0 saturated carbocycles. The summed E-state index contributed by atoms with van der Waals surface area (Å²) < 4.78 is 0. The van der Waals surface area contributed by atoms with Crippen molar-refractivity contribution >= 4 is 5.91 Å². The maximum Gasteiger partial charge on any atom is 0.240 e. The molecule has 1 atom stereocenters. The topological polar surface area (TPSA) is 32.3 Å². The number of rotatable bonds is 5. The zero-order valence-electron chi connectivity index (χ0n) is 13.2. The highest BCUT2D eigenvalue weighted by atomic mass is 16.2. The monoisotopic (exact) mass is 306 g/mol. The van der Waals surface area contributed by atoms with E-state index in [-0.39, 0.29) is 11.9 Å². The zero-order chi connectivity index (χ0) is 16.1. The van der Waals surface area contributed by atoms with E-state index in [0.29, 0.717) is 13.0 Å². The quantitative estimate of drug-likeness (QED) is 0.862. The SMILES string of the molecule is C=CCN1CCN[C@H](Cc2cccc(-c3ccccc3)c2)C1=O. The van der Waals surface area contributed by atoms with Crippen LogP contribution in [0.4, 0.5) is 0 Å². The van der Waals surface area contributed by atoms with Crippen LogP contribution in [0.2, 0.25) is 0 Å². The van der Waals surface area contributed by atoms with Gasteiger partial charge in [-0.1, -0.05) is 60.7 Å². The van der Waals surface area contributed by atoms with E-state index in [2.05, 4.69) is 48.3 Å². The second-order valence-electron chi connectivity index (χ2n) is 5.85. The smallest absolute Gasteiger partial charge is 0.240 e. The summed E-state index contributed by atoms with van der Waals surface area (Å²) in [4.78, 5) is 14.4. The minimum atomic E-state index is -0.144. The lowest BCUT2D eigenvalue weighted by Gasteiger charge is -2.32. The average molecular weight is 306 g/mol. The third kappa shape index (κ3) is 3.69. The Kier molecular flexibility index (Phi) is 4.89. The lowest BCUT2D eigenvalue weighted by molar-refractivity contribution is -0.135. The van der Waals surface area contributed by atoms with Gasteiger partial charge < -0.3 is 10.2 Å². The normalized spacial score (nSPS) is 18.0. The molecule has 1 aliphatic rings. The fraction of sp³-hybridized carbons (Fsp3) is 0.250. The fourth-order valence-corrected chi connectivity index (χ4v) is 3.03. The molecule has 0 radical (unpaired) electrons. The summed E-state index contributed by atoms with van der Waals surface area (Å²) in [6.45, 7) is 5.95. The van der Waals surface area contributed by atoms with Gasteiger partial charge in [-0.15, -0.1) is 6.58 Å². The van der Waals surface area contributed by atoms with Gasteiger partial charge in [-0.25, -0.2) is 0 Å². The van der Waals surface area contributed by atoms with Gasteiger partial charge >= 0.3 is 0 Å². The molecule has 23 heavy (non-hydrogen) atoms. The minimum Gasteiger partial charge on any atom is -0.336 e. The Morgan fingerprint density at radius 1 is 1.13 bits per heavy atom. The van der Waals surface area contributed by atoms with E-state index in [1.54, 1.807) is 6.08 Å². The maximum atomic E-state index is 12.5. The van der Waals surface area contributed by atoms with Crippen molar-refractivity contribution in [3.63, 3.8) is 0 Å². The molecule has 1 fully saturated rings. The van der Waals surface area contributed by atoms with Crippen LogP contribution in [0.1, 0.15) is 5.56 Å². The van der Waals surface area contributed by atoms with E-state index in [1.165, 1.54) is 16.7 Å². The van der Waals surface area contributed by atoms with Crippen LogP contribution >= 0.6 is 0 Å². The third-order valence-electron chi connectivity index (χ3n) is 4.21. The predicted molar refractivity (Wildman–Crippen MR) is 94.1 cm³/mol. The van der Waals surface area contributed by atoms with Gasteiger partial charge in [0.15, 0.2) is 0 Å². The molecule has 0 aliphatic carbocycles. The van der Waals surface area contributed by atoms with Gasteiger partial charge in [0.1, 0.15) is 0 Å². The first-order valence-electron chi connectivity index (χ1n) is 8.05. The molecule has 0 unspecified atom stereocenters. The van der Waals surface area contributed by atoms with Crippen molar-refractivity contribution in [2.75, 3.05) is 19.6 Å². The van der Waals surface area contributed by atoms with Crippen LogP contribution in [0.3, 0.4) is 0 Å². The van der Waals surface area contributed by atoms with E-state index in [0.717, 1.165) is 13.1 Å². The number of nitrogens with one attached hydrogen (secondary N) is 1. The first kappa shape index (κ1) is 15.5. The molecule has 1 heterocycles. The summed E-state index contributed by atoms with van der Waals surface area (Å²) in [5.41, 5.74) is 3.57. The largest absolute Gasteiger partial charge is 0.336 e. The minimum absolute atomic E-state index is 0.144. The zero-order valence-corrected chi connectivity index (χ0v) is 13.2. The Bertz CT molecular complexity index is 681. The molecule has 2 aromatic carbocycles. The van der Waals surface area contributed by atoms with Gasteiger partial charge in [0, 0.05) is 19.6 Å². The summed E-state index contributed by atoms with van der Waals surface area (Å²) in [6.07, 6.45) is 2.50. The van der Waals surface area contributed by atoms with Crippen molar-refractivity contribution in [2.24, 2.45) is 0 Å². The molecule has 3 nitrogen and oxygen atoms in total. The van der Waals surface area contributed by atoms with Gasteiger partial charge in [0.25, 0.3) is 0 Å². The first-order valence-corrected chi connectivity index (χ1v) is 8.05. The fourth-order valence-electron chi connectivity index (χ4n) is 3.03. The highest BCUT2D eigenvalue weighted by molar-refractivity contribution is 5.83. The lowest BCUT2D eigenvalue weighted by atomic mass is 9.98. The number of hydrogen-bond donors (Lipinski definition) is 1. The van der Waals surface area contributed by atoms with Crippen molar-refractivity contribution in [1.82, 2.24) is 10.2 Å². The number of carbonyl (C=O) groups excluding carboxylic acids is 1. The predicted octanol–water partition coefficient (Wildman–Crippen LogP) is 2.88. The van der Waals surface area contributed by atoms with Crippen molar-refractivity contribution in [3.8, 4) is 11.1 Å².